The summed E-state index contributed by atoms with van der Waals surface area (Å²) in [6.45, 7) is 0. The summed E-state index contributed by atoms with van der Waals surface area (Å²) in [5.74, 6) is 0. The topological polar surface area (TPSA) is 43.5 Å². The Labute approximate surface area is 551 Å². The van der Waals surface area contributed by atoms with Gasteiger partial charge in [-0.25, -0.2) is 0 Å². The maximum atomic E-state index is 13.5. The van der Waals surface area contributed by atoms with Gasteiger partial charge in [-0.2, -0.15) is 5.26 Å². The number of fused-ring (bicyclic) bond motifs is 28. The Morgan fingerprint density at radius 3 is 0.777 bits per heavy atom. The highest BCUT2D eigenvalue weighted by Crippen LogP contribution is 2.56. The van der Waals surface area contributed by atoms with Gasteiger partial charge in [-0.15, -0.1) is 45.3 Å². The van der Waals surface area contributed by atoms with Gasteiger partial charge < -0.3 is 18.3 Å². The predicted molar refractivity (Wildman–Crippen MR) is 406 cm³/mol. The van der Waals surface area contributed by atoms with E-state index in [2.05, 4.69) is 297 Å². The van der Waals surface area contributed by atoms with Crippen molar-refractivity contribution in [2.45, 2.75) is 0 Å². The van der Waals surface area contributed by atoms with Crippen molar-refractivity contribution in [2.75, 3.05) is 0 Å². The van der Waals surface area contributed by atoms with Gasteiger partial charge in [-0.3, -0.25) is 0 Å². The van der Waals surface area contributed by atoms with Crippen molar-refractivity contribution in [3.05, 3.63) is 279 Å². The first-order valence-corrected chi connectivity index (χ1v) is 35.0. The van der Waals surface area contributed by atoms with Gasteiger partial charge in [0.05, 0.1) is 66.9 Å². The summed E-state index contributed by atoms with van der Waals surface area (Å²) in [5.41, 5.74) is 14.3. The maximum Gasteiger partial charge on any atom is 0.104 e. The number of nitrogens with zero attached hydrogens (tertiary/aromatic N) is 5. The Morgan fingerprint density at radius 1 is 0.223 bits per heavy atom. The van der Waals surface area contributed by atoms with Crippen LogP contribution >= 0.6 is 45.3 Å². The third-order valence-corrected chi connectivity index (χ3v) is 25.0. The molecule has 0 aliphatic carbocycles. The smallest absolute Gasteiger partial charge is 0.104 e. The first-order valence-electron chi connectivity index (χ1n) is 31.7. The average Bonchev–Trinajstić information content (AvgIpc) is 1.66. The van der Waals surface area contributed by atoms with Crippen molar-refractivity contribution >= 4 is 213 Å². The Bertz CT molecular complexity index is 6790. The van der Waals surface area contributed by atoms with Gasteiger partial charge >= 0.3 is 0 Å². The Kier molecular flexibility index (Phi) is 10.3. The van der Waals surface area contributed by atoms with Crippen LogP contribution in [0.5, 0.6) is 0 Å². The van der Waals surface area contributed by atoms with Crippen molar-refractivity contribution < 1.29 is 0 Å². The van der Waals surface area contributed by atoms with Crippen molar-refractivity contribution in [3.63, 3.8) is 0 Å². The average molecular weight is 1260 g/mol. The quantitative estimate of drug-likeness (QED) is 0.169. The molecule has 8 heterocycles. The molecule has 9 heteroatoms. The summed E-state index contributed by atoms with van der Waals surface area (Å²) in [5, 5.41) is 32.7. The van der Waals surface area contributed by atoms with Crippen LogP contribution in [0, 0.1) is 11.3 Å². The normalized spacial score (nSPS) is 12.5. The molecule has 22 aromatic rings. The van der Waals surface area contributed by atoms with Crippen LogP contribution in [0.2, 0.25) is 0 Å². The molecule has 14 aromatic carbocycles. The molecule has 0 spiro atoms. The molecule has 0 amide bonds. The molecular weight excluding hydrogens is 1220 g/mol. The first-order chi connectivity index (χ1) is 46.7. The molecule has 8 aromatic heterocycles. The summed E-state index contributed by atoms with van der Waals surface area (Å²) < 4.78 is 20.0. The van der Waals surface area contributed by atoms with Crippen molar-refractivity contribution in [3.8, 4) is 39.9 Å². The highest BCUT2D eigenvalue weighted by molar-refractivity contribution is 7.28. The lowest BCUT2D eigenvalue weighted by Crippen LogP contribution is -2.16. The highest BCUT2D eigenvalue weighted by Gasteiger charge is 2.36. The fourth-order valence-electron chi connectivity index (χ4n) is 16.5. The molecule has 0 N–H and O–H groups in total. The zero-order valence-electron chi connectivity index (χ0n) is 49.8. The monoisotopic (exact) mass is 1260 g/mol. The van der Waals surface area contributed by atoms with Gasteiger partial charge in [0.2, 0.25) is 0 Å². The van der Waals surface area contributed by atoms with E-state index in [0.717, 1.165) is 99.6 Å². The number of thiophene rings is 4. The second-order valence-corrected chi connectivity index (χ2v) is 29.0. The molecule has 0 saturated carbocycles. The Balaban J connectivity index is 1.05. The molecule has 0 aliphatic heterocycles. The summed E-state index contributed by atoms with van der Waals surface area (Å²) in [6.07, 6.45) is 0. The van der Waals surface area contributed by atoms with E-state index in [-0.39, 0.29) is 0 Å². The van der Waals surface area contributed by atoms with E-state index >= 15 is 0 Å². The number of hydrogen-bond acceptors (Lipinski definition) is 5. The zero-order chi connectivity index (χ0) is 61.2. The summed E-state index contributed by atoms with van der Waals surface area (Å²) in [4.78, 5) is 0. The first kappa shape index (κ1) is 51.3. The van der Waals surface area contributed by atoms with Crippen LogP contribution in [0.15, 0.2) is 273 Å². The molecule has 0 radical (unpaired) electrons. The molecular formula is C85H45N5S4. The number of rotatable bonds is 5. The van der Waals surface area contributed by atoms with Crippen LogP contribution in [0.25, 0.3) is 202 Å². The largest absolute Gasteiger partial charge is 0.306 e. The van der Waals surface area contributed by atoms with E-state index in [1.54, 1.807) is 0 Å². The molecule has 0 fully saturated rings. The molecule has 0 bridgehead atoms. The van der Waals surface area contributed by atoms with Gasteiger partial charge in [-0.1, -0.05) is 200 Å². The maximum absolute atomic E-state index is 13.5. The predicted octanol–water partition coefficient (Wildman–Crippen LogP) is 25.1. The second-order valence-electron chi connectivity index (χ2n) is 24.8. The van der Waals surface area contributed by atoms with Gasteiger partial charge in [0, 0.05) is 129 Å². The second kappa shape index (κ2) is 18.9. The molecule has 0 atom stereocenters. The minimum Gasteiger partial charge on any atom is -0.306 e. The molecule has 0 saturated heterocycles. The number of hydrogen-bond donors (Lipinski definition) is 0. The lowest BCUT2D eigenvalue weighted by atomic mass is 9.93. The lowest BCUT2D eigenvalue weighted by Gasteiger charge is -2.29. The highest BCUT2D eigenvalue weighted by atomic mass is 32.1. The fraction of sp³-hybridized carbons (Fsp3) is 0. The summed E-state index contributed by atoms with van der Waals surface area (Å²) >= 11 is 7.45. The van der Waals surface area contributed by atoms with Gasteiger partial charge in [0.1, 0.15) is 11.6 Å². The van der Waals surface area contributed by atoms with E-state index in [1.165, 1.54) is 102 Å². The number of aromatic nitrogens is 4. The van der Waals surface area contributed by atoms with Gasteiger partial charge in [0.15, 0.2) is 0 Å². The fourth-order valence-corrected chi connectivity index (χ4v) is 21.5. The molecule has 434 valence electrons. The molecule has 22 rings (SSSR count). The minimum absolute atomic E-state index is 0.547. The van der Waals surface area contributed by atoms with Crippen molar-refractivity contribution in [1.82, 2.24) is 18.3 Å². The number of nitriles is 1. The minimum atomic E-state index is 0.547. The Hall–Kier alpha value is -11.4. The summed E-state index contributed by atoms with van der Waals surface area (Å²) in [7, 11) is 0. The number of benzene rings is 14. The van der Waals surface area contributed by atoms with Crippen molar-refractivity contribution in [2.24, 2.45) is 0 Å². The molecule has 0 aliphatic rings. The van der Waals surface area contributed by atoms with Crippen LogP contribution in [-0.2, 0) is 0 Å². The van der Waals surface area contributed by atoms with E-state index in [1.807, 2.05) is 45.3 Å². The molecule has 5 nitrogen and oxygen atoms in total. The van der Waals surface area contributed by atoms with Crippen LogP contribution in [0.1, 0.15) is 5.56 Å². The van der Waals surface area contributed by atoms with Crippen LogP contribution < -0.4 is 0 Å². The third kappa shape index (κ3) is 6.59. The van der Waals surface area contributed by atoms with E-state index < -0.39 is 0 Å². The number of para-hydroxylation sites is 4. The summed E-state index contributed by atoms with van der Waals surface area (Å²) in [6, 6.07) is 104. The van der Waals surface area contributed by atoms with Crippen LogP contribution in [0.3, 0.4) is 0 Å². The molecule has 0 unspecified atom stereocenters. The van der Waals surface area contributed by atoms with E-state index in [0.29, 0.717) is 5.56 Å². The zero-order valence-corrected chi connectivity index (χ0v) is 53.1. The Morgan fingerprint density at radius 2 is 0.479 bits per heavy atom. The van der Waals surface area contributed by atoms with Crippen LogP contribution in [0.4, 0.5) is 0 Å². The van der Waals surface area contributed by atoms with Gasteiger partial charge in [0.25, 0.3) is 0 Å². The molecule has 94 heavy (non-hydrogen) atoms. The lowest BCUT2D eigenvalue weighted by molar-refractivity contribution is 1.04. The van der Waals surface area contributed by atoms with Gasteiger partial charge in [-0.05, 0) is 78.4 Å². The van der Waals surface area contributed by atoms with E-state index in [4.69, 9.17) is 0 Å². The van der Waals surface area contributed by atoms with Crippen molar-refractivity contribution in [1.29, 1.82) is 5.26 Å². The van der Waals surface area contributed by atoms with Crippen LogP contribution in [-0.4, -0.2) is 18.3 Å². The SMILES string of the molecule is N#Cc1c(-n2c3ccccc3c3c4sc5ccccc5c4ccc32)c(-n2c3ccccc3c3c4sc5ccccc5c4ccc32)c(-c2ccccc2)c(-n2c3ccccc3c3c4sc5ccccc5c4ccc32)c1-n1c2ccccc2c2c3sc4ccccc4c3ccc21. The third-order valence-electron chi connectivity index (χ3n) is 20.2. The van der Waals surface area contributed by atoms with E-state index in [9.17, 15) is 5.26 Å². The standard InChI is InChI=1S/C85H45N5S4/c86-46-60-78(87-61-30-12-4-26-56(61)74-65(87)42-38-52-48-22-8-16-34-69(48)91-82(52)74)80(89-63-32-14-6-28-58(63)76-67(89)44-40-54-50-24-10-18-36-71(50)93-84(54)76)73(47-20-2-1-3-21-47)81(90-64-33-15-7-29-59(64)77-68(90)45-41-55-51-25-11-19-37-72(51)94-85(55)77)79(60)88-62-31-13-5-27-57(62)75-66(88)43-39-53-49-23-9-17-35-70(49)92-83(53)75/h1-45H.